The van der Waals surface area contributed by atoms with Gasteiger partial charge in [-0.25, -0.2) is 10.5 Å². The molecule has 32 heavy (non-hydrogen) atoms. The van der Waals surface area contributed by atoms with Crippen LogP contribution in [-0.2, 0) is 16.0 Å². The van der Waals surface area contributed by atoms with E-state index in [1.807, 2.05) is 55.6 Å². The Hall–Kier alpha value is -4.05. The molecule has 0 saturated heterocycles. The molecule has 10 nitrogen and oxygen atoms in total. The first-order valence-electron chi connectivity index (χ1n) is 10.0. The Bertz CT molecular complexity index is 1070. The lowest BCUT2D eigenvalue weighted by molar-refractivity contribution is -0.124. The molecule has 0 unspecified atom stereocenters. The minimum atomic E-state index is -0.148. The molecule has 0 saturated carbocycles. The number of hydrogen-bond acceptors (Lipinski definition) is 9. The van der Waals surface area contributed by atoms with Crippen LogP contribution in [0.4, 0.5) is 34.5 Å². The first kappa shape index (κ1) is 22.6. The normalized spacial score (nSPS) is 10.3. The molecule has 1 aromatic heterocycles. The molecule has 1 amide bonds. The molecule has 2 aromatic carbocycles. The summed E-state index contributed by atoms with van der Waals surface area (Å²) >= 11 is 0. The summed E-state index contributed by atoms with van der Waals surface area (Å²) in [6, 6.07) is 15.5. The highest BCUT2D eigenvalue weighted by molar-refractivity contribution is 5.77. The molecule has 0 spiro atoms. The molecule has 5 N–H and O–H groups in total. The number of carbonyl (C=O) groups excluding carboxylic acids is 1. The second-order valence-corrected chi connectivity index (χ2v) is 6.85. The number of amides is 1. The van der Waals surface area contributed by atoms with E-state index in [9.17, 15) is 4.79 Å². The summed E-state index contributed by atoms with van der Waals surface area (Å²) in [4.78, 5) is 20.2. The lowest BCUT2D eigenvalue weighted by Gasteiger charge is -2.12. The Labute approximate surface area is 186 Å². The molecule has 0 aliphatic heterocycles. The van der Waals surface area contributed by atoms with E-state index in [2.05, 4.69) is 36.3 Å². The van der Waals surface area contributed by atoms with Crippen molar-refractivity contribution in [3.05, 3.63) is 60.3 Å². The summed E-state index contributed by atoms with van der Waals surface area (Å²) in [5, 5.41) is 15.8. The molecular formula is C22H26N8O2. The molecule has 166 valence electrons. The van der Waals surface area contributed by atoms with Gasteiger partial charge in [0.2, 0.25) is 11.9 Å². The fraction of sp³-hybridized carbons (Fsp3) is 0.227. The lowest BCUT2D eigenvalue weighted by atomic mass is 10.1. The van der Waals surface area contributed by atoms with Crippen LogP contribution in [0, 0.1) is 5.53 Å². The number of carbonyl (C=O) groups is 1. The molecule has 0 aliphatic rings. The number of benzene rings is 2. The van der Waals surface area contributed by atoms with Crippen molar-refractivity contribution in [3.8, 4) is 0 Å². The number of anilines is 5. The first-order chi connectivity index (χ1) is 15.6. The number of hydrogen-bond donors (Lipinski definition) is 5. The Balaban J connectivity index is 1.71. The van der Waals surface area contributed by atoms with Crippen LogP contribution in [0.2, 0.25) is 0 Å². The van der Waals surface area contributed by atoms with Gasteiger partial charge in [0.15, 0.2) is 5.82 Å². The van der Waals surface area contributed by atoms with Crippen LogP contribution in [-0.4, -0.2) is 43.2 Å². The molecule has 0 bridgehead atoms. The number of rotatable bonds is 11. The highest BCUT2D eigenvalue weighted by Crippen LogP contribution is 2.28. The molecular weight excluding hydrogens is 408 g/mol. The van der Waals surface area contributed by atoms with Crippen LogP contribution in [0.5, 0.6) is 0 Å². The van der Waals surface area contributed by atoms with Gasteiger partial charge in [-0.2, -0.15) is 10.1 Å². The van der Waals surface area contributed by atoms with Gasteiger partial charge in [0.1, 0.15) is 12.3 Å². The molecule has 3 aromatic rings. The molecule has 0 atom stereocenters. The zero-order valence-electron chi connectivity index (χ0n) is 18.0. The van der Waals surface area contributed by atoms with Crippen LogP contribution < -0.4 is 21.3 Å². The lowest BCUT2D eigenvalue weighted by Crippen LogP contribution is -2.28. The zero-order valence-corrected chi connectivity index (χ0v) is 18.0. The molecule has 0 aliphatic carbocycles. The van der Waals surface area contributed by atoms with E-state index in [0.717, 1.165) is 22.6 Å². The van der Waals surface area contributed by atoms with Crippen molar-refractivity contribution in [1.29, 1.82) is 5.53 Å². The van der Waals surface area contributed by atoms with E-state index in [4.69, 9.17) is 10.3 Å². The Morgan fingerprint density at radius 1 is 1.09 bits per heavy atom. The predicted octanol–water partition coefficient (Wildman–Crippen LogP) is 3.97. The van der Waals surface area contributed by atoms with E-state index >= 15 is 0 Å². The van der Waals surface area contributed by atoms with Gasteiger partial charge in [-0.05, 0) is 42.3 Å². The summed E-state index contributed by atoms with van der Waals surface area (Å²) in [5.41, 5.74) is 11.4. The quantitative estimate of drug-likeness (QED) is 0.288. The second-order valence-electron chi connectivity index (χ2n) is 6.85. The smallest absolute Gasteiger partial charge is 0.245 e. The number of nitrogens with zero attached hydrogens (tertiary/aromatic N) is 3. The fourth-order valence-electron chi connectivity index (χ4n) is 2.96. The van der Waals surface area contributed by atoms with Crippen LogP contribution >= 0.6 is 0 Å². The van der Waals surface area contributed by atoms with Crippen LogP contribution in [0.1, 0.15) is 5.56 Å². The molecule has 10 heteroatoms. The topological polar surface area (TPSA) is 136 Å². The second kappa shape index (κ2) is 11.4. The standard InChI is InChI=1S/C22H26N8O2/c1-24-16-6-4-8-18(12-16)28-22-26-13-19(30-23)21(29-22)27-17-7-3-5-15(11-17)9-10-25-20(31)14-32-2/h3-8,11-13,23-24H,9-10,14H2,1-2H3,(H,25,31)(H2,26,27,28,29). The number of nitrogens with one attached hydrogen (secondary N) is 5. The minimum absolute atomic E-state index is 0.0460. The number of methoxy groups -OCH3 is 1. The SMILES string of the molecule is CNc1cccc(Nc2ncc(N=N)c(Nc3cccc(CCNC(=O)COC)c3)n2)c1. The third-order valence-corrected chi connectivity index (χ3v) is 4.50. The van der Waals surface area contributed by atoms with E-state index in [-0.39, 0.29) is 12.5 Å². The van der Waals surface area contributed by atoms with E-state index < -0.39 is 0 Å². The van der Waals surface area contributed by atoms with Gasteiger partial charge in [0, 0.05) is 37.8 Å². The monoisotopic (exact) mass is 434 g/mol. The largest absolute Gasteiger partial charge is 0.388 e. The summed E-state index contributed by atoms with van der Waals surface area (Å²) in [7, 11) is 3.34. The van der Waals surface area contributed by atoms with Crippen molar-refractivity contribution < 1.29 is 9.53 Å². The first-order valence-corrected chi connectivity index (χ1v) is 10.0. The van der Waals surface area contributed by atoms with Crippen molar-refractivity contribution in [2.75, 3.05) is 43.3 Å². The Morgan fingerprint density at radius 3 is 2.59 bits per heavy atom. The minimum Gasteiger partial charge on any atom is -0.388 e. The van der Waals surface area contributed by atoms with Gasteiger partial charge in [-0.1, -0.05) is 18.2 Å². The highest BCUT2D eigenvalue weighted by Gasteiger charge is 2.09. The fourth-order valence-corrected chi connectivity index (χ4v) is 2.96. The van der Waals surface area contributed by atoms with Gasteiger partial charge in [0.05, 0.1) is 6.20 Å². The van der Waals surface area contributed by atoms with Crippen LogP contribution in [0.15, 0.2) is 59.8 Å². The third kappa shape index (κ3) is 6.47. The van der Waals surface area contributed by atoms with Crippen LogP contribution in [0.3, 0.4) is 0 Å². The molecule has 0 fully saturated rings. The van der Waals surface area contributed by atoms with Crippen molar-refractivity contribution in [3.63, 3.8) is 0 Å². The molecule has 3 rings (SSSR count). The van der Waals surface area contributed by atoms with Gasteiger partial charge >= 0.3 is 0 Å². The number of aromatic nitrogens is 2. The van der Waals surface area contributed by atoms with Gasteiger partial charge in [-0.3, -0.25) is 4.79 Å². The van der Waals surface area contributed by atoms with Gasteiger partial charge < -0.3 is 26.0 Å². The maximum Gasteiger partial charge on any atom is 0.245 e. The van der Waals surface area contributed by atoms with E-state index in [1.165, 1.54) is 13.3 Å². The predicted molar refractivity (Wildman–Crippen MR) is 124 cm³/mol. The summed E-state index contributed by atoms with van der Waals surface area (Å²) < 4.78 is 4.81. The third-order valence-electron chi connectivity index (χ3n) is 4.50. The van der Waals surface area contributed by atoms with Gasteiger partial charge in [0.25, 0.3) is 0 Å². The zero-order chi connectivity index (χ0) is 22.8. The number of ether oxygens (including phenoxy) is 1. The maximum absolute atomic E-state index is 11.5. The summed E-state index contributed by atoms with van der Waals surface area (Å²) in [6.45, 7) is 0.552. The van der Waals surface area contributed by atoms with Crippen LogP contribution in [0.25, 0.3) is 0 Å². The summed E-state index contributed by atoms with van der Waals surface area (Å²) in [6.07, 6.45) is 2.15. The average molecular weight is 435 g/mol. The van der Waals surface area contributed by atoms with E-state index in [1.54, 1.807) is 0 Å². The van der Waals surface area contributed by atoms with Crippen molar-refractivity contribution in [1.82, 2.24) is 15.3 Å². The van der Waals surface area contributed by atoms with Crippen molar-refractivity contribution in [2.45, 2.75) is 6.42 Å². The van der Waals surface area contributed by atoms with Crippen molar-refractivity contribution in [2.24, 2.45) is 5.11 Å². The molecule has 0 radical (unpaired) electrons. The average Bonchev–Trinajstić information content (AvgIpc) is 2.80. The van der Waals surface area contributed by atoms with Crippen molar-refractivity contribution >= 4 is 40.4 Å². The Morgan fingerprint density at radius 2 is 1.84 bits per heavy atom. The van der Waals surface area contributed by atoms with Gasteiger partial charge in [-0.15, -0.1) is 0 Å². The Kier molecular flexibility index (Phi) is 8.04. The van der Waals surface area contributed by atoms with E-state index in [0.29, 0.717) is 30.4 Å². The maximum atomic E-state index is 11.5. The summed E-state index contributed by atoms with van der Waals surface area (Å²) in [5.74, 6) is 0.641. The molecule has 1 heterocycles. The highest BCUT2D eigenvalue weighted by atomic mass is 16.5.